The van der Waals surface area contributed by atoms with E-state index in [1.165, 1.54) is 12.1 Å². The maximum absolute atomic E-state index is 16.2. The summed E-state index contributed by atoms with van der Waals surface area (Å²) in [6.07, 6.45) is 0. The highest BCUT2D eigenvalue weighted by Crippen LogP contribution is 2.52. The van der Waals surface area contributed by atoms with Gasteiger partial charge in [0.2, 0.25) is 0 Å². The summed E-state index contributed by atoms with van der Waals surface area (Å²) < 4.78 is 23.5. The van der Waals surface area contributed by atoms with Crippen molar-refractivity contribution in [1.29, 1.82) is 5.26 Å². The van der Waals surface area contributed by atoms with E-state index < -0.39 is 11.4 Å². The minimum Gasteiger partial charge on any atom is -0.472 e. The number of hydrogen-bond acceptors (Lipinski definition) is 5. The molecule has 0 saturated heterocycles. The molecule has 1 aliphatic rings. The Morgan fingerprint density at radius 1 is 0.385 bits per heavy atom. The Balaban J connectivity index is 1.07. The molecule has 5 nitrogen and oxygen atoms in total. The van der Waals surface area contributed by atoms with Crippen LogP contribution in [0.3, 0.4) is 0 Å². The van der Waals surface area contributed by atoms with Crippen molar-refractivity contribution in [3.8, 4) is 90.5 Å². The van der Waals surface area contributed by atoms with Gasteiger partial charge in [-0.05, 0) is 75.3 Å². The molecule has 0 aliphatic carbocycles. The summed E-state index contributed by atoms with van der Waals surface area (Å²) in [5, 5.41) is 9.93. The largest absolute Gasteiger partial charge is 0.472 e. The smallest absolute Gasteiger partial charge is 0.185 e. The molecule has 0 saturated carbocycles. The minimum atomic E-state index is -0.945. The van der Waals surface area contributed by atoms with E-state index in [0.29, 0.717) is 39.9 Å². The Kier molecular flexibility index (Phi) is 9.91. The van der Waals surface area contributed by atoms with Gasteiger partial charge in [0.25, 0.3) is 0 Å². The quantitative estimate of drug-likeness (QED) is 0.152. The molecule has 0 atom stereocenters. The Morgan fingerprint density at radius 2 is 0.923 bits per heavy atom. The molecule has 0 spiro atoms. The number of nitrogens with zero attached hydrogens (tertiary/aromatic N) is 4. The molecule has 0 fully saturated rings. The summed E-state index contributed by atoms with van der Waals surface area (Å²) >= 11 is 0. The molecule has 9 aromatic carbocycles. The van der Waals surface area contributed by atoms with Crippen molar-refractivity contribution in [2.24, 2.45) is 0 Å². The molecule has 0 bridgehead atoms. The number of aromatic nitrogens is 3. The molecule has 0 N–H and O–H groups in total. The van der Waals surface area contributed by atoms with Gasteiger partial charge in [-0.15, -0.1) is 0 Å². The first-order valence-electron chi connectivity index (χ1n) is 21.4. The zero-order chi connectivity index (χ0) is 43.7. The summed E-state index contributed by atoms with van der Waals surface area (Å²) in [7, 11) is 0. The molecule has 1 aliphatic heterocycles. The maximum Gasteiger partial charge on any atom is 0.185 e. The third-order valence-electron chi connectivity index (χ3n) is 12.1. The predicted molar refractivity (Wildman–Crippen MR) is 256 cm³/mol. The van der Waals surface area contributed by atoms with E-state index in [2.05, 4.69) is 72.8 Å². The molecule has 0 radical (unpaired) electrons. The third kappa shape index (κ3) is 7.12. The Morgan fingerprint density at radius 3 is 1.65 bits per heavy atom. The van der Waals surface area contributed by atoms with Crippen molar-refractivity contribution in [3.05, 3.63) is 253 Å². The molecule has 306 valence electrons. The first kappa shape index (κ1) is 39.1. The second-order valence-corrected chi connectivity index (χ2v) is 16.0. The average Bonchev–Trinajstić information content (AvgIpc) is 3.38. The van der Waals surface area contributed by atoms with Crippen LogP contribution in [-0.4, -0.2) is 15.0 Å². The van der Waals surface area contributed by atoms with Gasteiger partial charge in [-0.3, -0.25) is 0 Å². The molecular weight excluding hydrogens is 800 g/mol. The SMILES string of the molecule is N#Cc1ccccc1-c1cccc(-c2nc(-c3cc(F)cc(-c4ccc5c(c4)OC(c4ccccc4)(c4ccccc4)c4ccccc4-5)c3)nc(-c3ccccc3-c3ccccc3)n2)c1. The van der Waals surface area contributed by atoms with E-state index in [1.54, 1.807) is 6.07 Å². The van der Waals surface area contributed by atoms with Gasteiger partial charge < -0.3 is 4.74 Å². The van der Waals surface area contributed by atoms with Crippen molar-refractivity contribution in [2.75, 3.05) is 0 Å². The first-order valence-corrected chi connectivity index (χ1v) is 21.4. The van der Waals surface area contributed by atoms with Crippen LogP contribution in [-0.2, 0) is 5.60 Å². The fourth-order valence-electron chi connectivity index (χ4n) is 9.04. The lowest BCUT2D eigenvalue weighted by Crippen LogP contribution is -2.38. The van der Waals surface area contributed by atoms with Crippen LogP contribution in [0.15, 0.2) is 224 Å². The molecular formula is C59H37FN4O. The highest BCUT2D eigenvalue weighted by Gasteiger charge is 2.44. The van der Waals surface area contributed by atoms with Crippen molar-refractivity contribution < 1.29 is 9.13 Å². The third-order valence-corrected chi connectivity index (χ3v) is 12.1. The van der Waals surface area contributed by atoms with Gasteiger partial charge in [-0.1, -0.05) is 188 Å². The van der Waals surface area contributed by atoms with Gasteiger partial charge in [0.15, 0.2) is 23.1 Å². The number of rotatable bonds is 8. The highest BCUT2D eigenvalue weighted by molar-refractivity contribution is 5.85. The molecule has 10 aromatic rings. The fourth-order valence-corrected chi connectivity index (χ4v) is 9.04. The van der Waals surface area contributed by atoms with E-state index in [9.17, 15) is 5.26 Å². The number of hydrogen-bond donors (Lipinski definition) is 0. The van der Waals surface area contributed by atoms with Crippen LogP contribution in [0.2, 0.25) is 0 Å². The van der Waals surface area contributed by atoms with Gasteiger partial charge in [0, 0.05) is 38.9 Å². The summed E-state index contributed by atoms with van der Waals surface area (Å²) in [4.78, 5) is 15.3. The summed E-state index contributed by atoms with van der Waals surface area (Å²) in [6, 6.07) is 75.8. The summed E-state index contributed by atoms with van der Waals surface area (Å²) in [5.74, 6) is 1.41. The molecule has 6 heteroatoms. The standard InChI is InChI=1S/C59H37FN4O/c60-48-35-44(40-31-32-52-51-28-14-15-30-54(51)59(65-55(52)37-40,46-22-6-2-7-23-46)47-24-8-3-9-25-47)34-45(36-48)57-62-56(42-21-16-20-41(33-42)49-26-11-10-19-43(49)38-61)63-58(64-57)53-29-13-12-27-50(53)39-17-4-1-5-18-39/h1-37H. The zero-order valence-corrected chi connectivity index (χ0v) is 34.9. The molecule has 0 unspecified atom stereocenters. The van der Waals surface area contributed by atoms with Crippen LogP contribution in [0, 0.1) is 17.1 Å². The van der Waals surface area contributed by atoms with Gasteiger partial charge >= 0.3 is 0 Å². The minimum absolute atomic E-state index is 0.312. The molecule has 65 heavy (non-hydrogen) atoms. The van der Waals surface area contributed by atoms with Crippen molar-refractivity contribution in [3.63, 3.8) is 0 Å². The molecule has 2 heterocycles. The normalized spacial score (nSPS) is 12.3. The number of benzene rings is 9. The number of ether oxygens (including phenoxy) is 1. The Hall–Kier alpha value is -8.79. The van der Waals surface area contributed by atoms with E-state index >= 15 is 4.39 Å². The van der Waals surface area contributed by atoms with Crippen LogP contribution >= 0.6 is 0 Å². The lowest BCUT2D eigenvalue weighted by molar-refractivity contribution is 0.152. The second-order valence-electron chi connectivity index (χ2n) is 16.0. The maximum atomic E-state index is 16.2. The van der Waals surface area contributed by atoms with Crippen LogP contribution < -0.4 is 4.74 Å². The van der Waals surface area contributed by atoms with E-state index in [4.69, 9.17) is 19.7 Å². The summed E-state index contributed by atoms with van der Waals surface area (Å²) in [5.41, 5.74) is 11.7. The van der Waals surface area contributed by atoms with Crippen LogP contribution in [0.25, 0.3) is 78.7 Å². The molecule has 0 amide bonds. The monoisotopic (exact) mass is 836 g/mol. The second kappa shape index (κ2) is 16.5. The first-order chi connectivity index (χ1) is 32.1. The zero-order valence-electron chi connectivity index (χ0n) is 34.9. The van der Waals surface area contributed by atoms with E-state index in [-0.39, 0.29) is 0 Å². The Labute approximate surface area is 376 Å². The Bertz CT molecular complexity index is 3400. The molecule has 1 aromatic heterocycles. The number of halogens is 1. The van der Waals surface area contributed by atoms with Crippen molar-refractivity contribution in [2.45, 2.75) is 5.60 Å². The van der Waals surface area contributed by atoms with Gasteiger partial charge in [-0.2, -0.15) is 5.26 Å². The topological polar surface area (TPSA) is 71.7 Å². The van der Waals surface area contributed by atoms with Crippen LogP contribution in [0.4, 0.5) is 4.39 Å². The van der Waals surface area contributed by atoms with E-state index in [1.807, 2.05) is 140 Å². The van der Waals surface area contributed by atoms with Crippen molar-refractivity contribution >= 4 is 0 Å². The average molecular weight is 837 g/mol. The van der Waals surface area contributed by atoms with E-state index in [0.717, 1.165) is 66.8 Å². The molecule has 11 rings (SSSR count). The number of fused-ring (bicyclic) bond motifs is 3. The van der Waals surface area contributed by atoms with Gasteiger partial charge in [-0.25, -0.2) is 19.3 Å². The number of nitriles is 1. The highest BCUT2D eigenvalue weighted by atomic mass is 19.1. The van der Waals surface area contributed by atoms with Crippen LogP contribution in [0.1, 0.15) is 22.3 Å². The fraction of sp³-hybridized carbons (Fsp3) is 0.0169. The lowest BCUT2D eigenvalue weighted by atomic mass is 9.75. The van der Waals surface area contributed by atoms with Crippen LogP contribution in [0.5, 0.6) is 5.75 Å². The summed E-state index contributed by atoms with van der Waals surface area (Å²) in [6.45, 7) is 0. The van der Waals surface area contributed by atoms with Crippen molar-refractivity contribution in [1.82, 2.24) is 15.0 Å². The predicted octanol–water partition coefficient (Wildman–Crippen LogP) is 14.2. The van der Waals surface area contributed by atoms with Gasteiger partial charge in [0.05, 0.1) is 11.6 Å². The lowest BCUT2D eigenvalue weighted by Gasteiger charge is -2.41. The van der Waals surface area contributed by atoms with Gasteiger partial charge in [0.1, 0.15) is 11.6 Å².